The summed E-state index contributed by atoms with van der Waals surface area (Å²) in [7, 11) is 1.28. The second-order valence-electron chi connectivity index (χ2n) is 5.46. The summed E-state index contributed by atoms with van der Waals surface area (Å²) < 4.78 is 11.4. The van der Waals surface area contributed by atoms with Crippen molar-refractivity contribution in [3.05, 3.63) is 75.0 Å². The quantitative estimate of drug-likeness (QED) is 0.669. The molecule has 0 aliphatic heterocycles. The van der Waals surface area contributed by atoms with Crippen LogP contribution >= 0.6 is 11.6 Å². The van der Waals surface area contributed by atoms with Crippen molar-refractivity contribution in [1.82, 2.24) is 9.72 Å². The Morgan fingerprint density at radius 3 is 2.64 bits per heavy atom. The molecule has 0 amide bonds. The highest BCUT2D eigenvalue weighted by Gasteiger charge is 2.22. The van der Waals surface area contributed by atoms with Gasteiger partial charge in [0.2, 0.25) is 0 Å². The number of ether oxygens (including phenoxy) is 1. The van der Waals surface area contributed by atoms with E-state index >= 15 is 0 Å². The van der Waals surface area contributed by atoms with E-state index in [0.717, 1.165) is 5.56 Å². The topological polar surface area (TPSA) is 74.3 Å². The van der Waals surface area contributed by atoms with Crippen LogP contribution in [-0.4, -0.2) is 22.8 Å². The van der Waals surface area contributed by atoms with E-state index in [4.69, 9.17) is 20.9 Å². The van der Waals surface area contributed by atoms with Gasteiger partial charge in [-0.25, -0.2) is 4.79 Å². The summed E-state index contributed by atoms with van der Waals surface area (Å²) in [5.41, 5.74) is 2.01. The van der Waals surface area contributed by atoms with Gasteiger partial charge < -0.3 is 13.8 Å². The molecule has 0 unspecified atom stereocenters. The van der Waals surface area contributed by atoms with Crippen molar-refractivity contribution >= 4 is 17.6 Å². The second-order valence-corrected chi connectivity index (χ2v) is 5.90. The lowest BCUT2D eigenvalue weighted by Gasteiger charge is -2.09. The van der Waals surface area contributed by atoms with Gasteiger partial charge in [0.1, 0.15) is 5.76 Å². The fourth-order valence-corrected chi connectivity index (χ4v) is 2.66. The maximum absolute atomic E-state index is 12.2. The molecule has 3 rings (SSSR count). The Hall–Kier alpha value is -2.86. The minimum atomic E-state index is -0.595. The normalized spacial score (nSPS) is 10.7. The smallest absolute Gasteiger partial charge is 0.360 e. The lowest BCUT2D eigenvalue weighted by Crippen LogP contribution is -2.19. The van der Waals surface area contributed by atoms with Crippen molar-refractivity contribution in [3.8, 4) is 11.1 Å². The summed E-state index contributed by atoms with van der Waals surface area (Å²) in [6, 6.07) is 10.3. The molecule has 7 heteroatoms. The largest absolute Gasteiger partial charge is 0.464 e. The molecular weight excluding hydrogens is 344 g/mol. The summed E-state index contributed by atoms with van der Waals surface area (Å²) in [6.07, 6.45) is 1.67. The van der Waals surface area contributed by atoms with E-state index < -0.39 is 5.97 Å². The first-order chi connectivity index (χ1) is 12.0. The summed E-state index contributed by atoms with van der Waals surface area (Å²) >= 11 is 5.89. The van der Waals surface area contributed by atoms with Crippen LogP contribution in [-0.2, 0) is 11.3 Å². The standard InChI is InChI=1S/C18H15ClN2O4/c1-11-16(17(20-25-11)18(23)24-2)13-5-8-15(22)21(10-13)9-12-3-6-14(19)7-4-12/h3-8,10H,9H2,1-2H3. The Morgan fingerprint density at radius 2 is 1.96 bits per heavy atom. The van der Waals surface area contributed by atoms with Crippen molar-refractivity contribution in [1.29, 1.82) is 0 Å². The predicted octanol–water partition coefficient (Wildman–Crippen LogP) is 3.30. The van der Waals surface area contributed by atoms with Crippen LogP contribution in [0.2, 0.25) is 5.02 Å². The molecule has 0 aliphatic rings. The summed E-state index contributed by atoms with van der Waals surface area (Å²) in [6.45, 7) is 2.07. The van der Waals surface area contributed by atoms with Gasteiger partial charge in [0, 0.05) is 22.8 Å². The molecule has 2 heterocycles. The summed E-state index contributed by atoms with van der Waals surface area (Å²) in [4.78, 5) is 24.0. The third-order valence-electron chi connectivity index (χ3n) is 3.78. The molecule has 6 nitrogen and oxygen atoms in total. The average Bonchev–Trinajstić information content (AvgIpc) is 3.00. The Bertz CT molecular complexity index is 973. The highest BCUT2D eigenvalue weighted by Crippen LogP contribution is 2.27. The molecule has 0 spiro atoms. The van der Waals surface area contributed by atoms with E-state index in [2.05, 4.69) is 5.16 Å². The molecule has 0 atom stereocenters. The number of methoxy groups -OCH3 is 1. The molecule has 0 saturated heterocycles. The predicted molar refractivity (Wildman–Crippen MR) is 92.8 cm³/mol. The van der Waals surface area contributed by atoms with Gasteiger partial charge in [-0.2, -0.15) is 0 Å². The van der Waals surface area contributed by atoms with Gasteiger partial charge >= 0.3 is 5.97 Å². The van der Waals surface area contributed by atoms with Crippen molar-refractivity contribution in [2.75, 3.05) is 7.11 Å². The number of benzene rings is 1. The number of rotatable bonds is 4. The minimum absolute atomic E-state index is 0.0803. The average molecular weight is 359 g/mol. The molecule has 0 saturated carbocycles. The molecule has 0 bridgehead atoms. The maximum atomic E-state index is 12.2. The van der Waals surface area contributed by atoms with Crippen LogP contribution < -0.4 is 5.56 Å². The maximum Gasteiger partial charge on any atom is 0.360 e. The van der Waals surface area contributed by atoms with Crippen molar-refractivity contribution in [2.24, 2.45) is 0 Å². The van der Waals surface area contributed by atoms with Gasteiger partial charge in [-0.05, 0) is 30.7 Å². The molecule has 25 heavy (non-hydrogen) atoms. The number of nitrogens with zero attached hydrogens (tertiary/aromatic N) is 2. The molecule has 1 aromatic carbocycles. The number of carbonyl (C=O) groups is 1. The Morgan fingerprint density at radius 1 is 1.24 bits per heavy atom. The molecule has 2 aromatic heterocycles. The fourth-order valence-electron chi connectivity index (χ4n) is 2.54. The molecule has 0 aliphatic carbocycles. The Balaban J connectivity index is 2.03. The van der Waals surface area contributed by atoms with Crippen LogP contribution in [0.4, 0.5) is 0 Å². The first-order valence-corrected chi connectivity index (χ1v) is 7.87. The number of carbonyl (C=O) groups excluding carboxylic acids is 1. The number of halogens is 1. The van der Waals surface area contributed by atoms with E-state index in [-0.39, 0.29) is 11.3 Å². The zero-order chi connectivity index (χ0) is 18.0. The number of aromatic nitrogens is 2. The van der Waals surface area contributed by atoms with Crippen molar-refractivity contribution < 1.29 is 14.1 Å². The van der Waals surface area contributed by atoms with Gasteiger partial charge in [0.15, 0.2) is 5.69 Å². The van der Waals surface area contributed by atoms with E-state index in [9.17, 15) is 9.59 Å². The number of pyridine rings is 1. The van der Waals surface area contributed by atoms with E-state index in [1.807, 2.05) is 12.1 Å². The van der Waals surface area contributed by atoms with Crippen molar-refractivity contribution in [2.45, 2.75) is 13.5 Å². The van der Waals surface area contributed by atoms with Gasteiger partial charge in [0.25, 0.3) is 5.56 Å². The van der Waals surface area contributed by atoms with Crippen LogP contribution in [0, 0.1) is 6.92 Å². The van der Waals surface area contributed by atoms with Crippen molar-refractivity contribution in [3.63, 3.8) is 0 Å². The monoisotopic (exact) mass is 358 g/mol. The van der Waals surface area contributed by atoms with E-state index in [0.29, 0.717) is 28.5 Å². The Kier molecular flexibility index (Phi) is 4.72. The van der Waals surface area contributed by atoms with Crippen LogP contribution in [0.5, 0.6) is 0 Å². The SMILES string of the molecule is COC(=O)c1noc(C)c1-c1ccc(=O)n(Cc2ccc(Cl)cc2)c1. The molecule has 0 fully saturated rings. The summed E-state index contributed by atoms with van der Waals surface area (Å²) in [5.74, 6) is -0.126. The summed E-state index contributed by atoms with van der Waals surface area (Å²) in [5, 5.41) is 4.39. The molecular formula is C18H15ClN2O4. The zero-order valence-electron chi connectivity index (χ0n) is 13.7. The van der Waals surface area contributed by atoms with Crippen LogP contribution in [0.1, 0.15) is 21.8 Å². The first kappa shape index (κ1) is 17.0. The van der Waals surface area contributed by atoms with Gasteiger partial charge in [0.05, 0.1) is 19.2 Å². The minimum Gasteiger partial charge on any atom is -0.464 e. The van der Waals surface area contributed by atoms with Gasteiger partial charge in [-0.1, -0.05) is 28.9 Å². The molecule has 128 valence electrons. The van der Waals surface area contributed by atoms with E-state index in [1.165, 1.54) is 13.2 Å². The highest BCUT2D eigenvalue weighted by molar-refractivity contribution is 6.30. The number of aryl methyl sites for hydroxylation is 1. The lowest BCUT2D eigenvalue weighted by atomic mass is 10.1. The number of hydrogen-bond donors (Lipinski definition) is 0. The third kappa shape index (κ3) is 3.49. The number of esters is 1. The number of hydrogen-bond acceptors (Lipinski definition) is 5. The first-order valence-electron chi connectivity index (χ1n) is 7.49. The van der Waals surface area contributed by atoms with E-state index in [1.54, 1.807) is 35.9 Å². The molecule has 0 radical (unpaired) electrons. The Labute approximate surface area is 148 Å². The second kappa shape index (κ2) is 6.94. The highest BCUT2D eigenvalue weighted by atomic mass is 35.5. The molecule has 0 N–H and O–H groups in total. The van der Waals surface area contributed by atoms with Gasteiger partial charge in [-0.15, -0.1) is 0 Å². The fraction of sp³-hybridized carbons (Fsp3) is 0.167. The van der Waals surface area contributed by atoms with Gasteiger partial charge in [-0.3, -0.25) is 4.79 Å². The zero-order valence-corrected chi connectivity index (χ0v) is 14.4. The third-order valence-corrected chi connectivity index (χ3v) is 4.03. The lowest BCUT2D eigenvalue weighted by molar-refractivity contribution is 0.0590. The van der Waals surface area contributed by atoms with Crippen LogP contribution in [0.15, 0.2) is 51.9 Å². The van der Waals surface area contributed by atoms with Crippen LogP contribution in [0.3, 0.4) is 0 Å². The molecule has 3 aromatic rings. The van der Waals surface area contributed by atoms with Crippen LogP contribution in [0.25, 0.3) is 11.1 Å².